The van der Waals surface area contributed by atoms with Crippen LogP contribution in [0.2, 0.25) is 10.8 Å². The van der Waals surface area contributed by atoms with Gasteiger partial charge in [-0.25, -0.2) is 4.70 Å². The quantitative estimate of drug-likeness (QED) is 0.0370. The van der Waals surface area contributed by atoms with Crippen molar-refractivity contribution < 1.29 is 19.1 Å². The van der Waals surface area contributed by atoms with Gasteiger partial charge in [0.05, 0.1) is 0 Å². The third kappa shape index (κ3) is 21.9. The molecule has 362 valence electrons. The second kappa shape index (κ2) is 36.2. The summed E-state index contributed by atoms with van der Waals surface area (Å²) >= 11 is 2.02. The Morgan fingerprint density at radius 2 is 0.746 bits per heavy atom. The van der Waals surface area contributed by atoms with E-state index < -0.39 is 0 Å². The molecule has 0 saturated heterocycles. The van der Waals surface area contributed by atoms with Crippen LogP contribution in [0, 0.1) is 20.8 Å². The van der Waals surface area contributed by atoms with Crippen LogP contribution in [-0.4, -0.2) is 4.70 Å². The van der Waals surface area contributed by atoms with E-state index in [9.17, 15) is 5.53 Å². The van der Waals surface area contributed by atoms with Gasteiger partial charge in [0.15, 0.2) is 0 Å². The van der Waals surface area contributed by atoms with Crippen LogP contribution in [-0.2, 0) is 33.7 Å². The van der Waals surface area contributed by atoms with Crippen molar-refractivity contribution in [2.75, 3.05) is 0 Å². The first-order valence-electron chi connectivity index (χ1n) is 27.3. The van der Waals surface area contributed by atoms with Crippen LogP contribution < -0.4 is 0 Å². The fourth-order valence-electron chi connectivity index (χ4n) is 9.43. The number of hydrogen-bond donors (Lipinski definition) is 0. The fourth-order valence-corrected chi connectivity index (χ4v) is 10.7. The van der Waals surface area contributed by atoms with Gasteiger partial charge in [0, 0.05) is 22.3 Å². The van der Waals surface area contributed by atoms with Crippen molar-refractivity contribution in [3.63, 3.8) is 0 Å². The number of benzene rings is 2. The molecule has 0 amide bonds. The molecule has 1 aliphatic rings. The number of hydrogen-bond acceptors (Lipinski definition) is 0. The van der Waals surface area contributed by atoms with E-state index in [0.29, 0.717) is 0 Å². The van der Waals surface area contributed by atoms with Gasteiger partial charge in [-0.2, -0.15) is 0 Å². The molecular formula is C60H102N2Ni. The Labute approximate surface area is 399 Å². The van der Waals surface area contributed by atoms with E-state index in [1.165, 1.54) is 235 Å². The second-order valence-corrected chi connectivity index (χ2v) is 20.9. The monoisotopic (exact) mass is 909 g/mol. The molecule has 0 aromatic heterocycles. The Hall–Kier alpha value is -1.99. The average Bonchev–Trinajstić information content (AvgIpc) is 3.52. The standard InChI is InChI=1S/C40H60N2.2C10H21.Ni/c1-9-13-17-21-33-27-36(28-34(22-18-14-10-2)38(33)24-20-16-12-4)39-32(8)37(23-19-15-11-3)40(42(39)41)35-25-29(5)31(7)30(6)26-35;2*1-3-5-7-9-10-8-6-4-2;/h25-28H,9-24H2,1-8H3;2*1,3-10H2,2H3;. The maximum atomic E-state index is 12.1. The Balaban J connectivity index is 0.000000549. The molecular weight excluding hydrogens is 807 g/mol. The molecule has 2 aromatic rings. The molecule has 3 heteroatoms. The molecule has 0 fully saturated rings. The summed E-state index contributed by atoms with van der Waals surface area (Å²) in [6, 6.07) is 9.47. The van der Waals surface area contributed by atoms with Crippen molar-refractivity contribution in [2.24, 2.45) is 0 Å². The van der Waals surface area contributed by atoms with Crippen molar-refractivity contribution in [1.29, 1.82) is 0 Å². The molecule has 0 aliphatic carbocycles. The first kappa shape index (κ1) is 57.1. The van der Waals surface area contributed by atoms with Gasteiger partial charge in [-0.15, -0.1) is 0 Å². The zero-order chi connectivity index (χ0) is 46.1. The maximum absolute atomic E-state index is 12.1. The molecule has 0 saturated carbocycles. The average molecular weight is 910 g/mol. The van der Waals surface area contributed by atoms with E-state index >= 15 is 0 Å². The van der Waals surface area contributed by atoms with E-state index in [1.54, 1.807) is 10.3 Å². The van der Waals surface area contributed by atoms with Crippen molar-refractivity contribution in [1.82, 2.24) is 0 Å². The Kier molecular flexibility index (Phi) is 32.8. The van der Waals surface area contributed by atoms with Crippen LogP contribution in [0.3, 0.4) is 0 Å². The summed E-state index contributed by atoms with van der Waals surface area (Å²) in [4.78, 5) is 0. The number of allylic oxidation sites excluding steroid dienone is 2. The number of rotatable bonds is 36. The molecule has 63 heavy (non-hydrogen) atoms. The molecule has 0 spiro atoms. The van der Waals surface area contributed by atoms with Crippen LogP contribution in [0.5, 0.6) is 0 Å². The van der Waals surface area contributed by atoms with Crippen LogP contribution in [0.25, 0.3) is 16.9 Å². The SMILES string of the molecule is CCCCCC1=C(c2cc(C)c(C)c(C)c2)[N+](=[N-])C(c2cc(CCCCC)c(CCCCC)c(CCCCC)c2)=C1C.CCCCCCCCC[CH2][Ni][CH2]CCCCCCCCC. The molecule has 0 N–H and O–H groups in total. The van der Waals surface area contributed by atoms with Gasteiger partial charge in [0.1, 0.15) is 0 Å². The normalized spacial score (nSPS) is 12.9. The predicted octanol–water partition coefficient (Wildman–Crippen LogP) is 20.8. The number of nitrogens with zero attached hydrogens (tertiary/aromatic N) is 2. The zero-order valence-electron chi connectivity index (χ0n) is 43.6. The van der Waals surface area contributed by atoms with Gasteiger partial charge in [-0.3, -0.25) is 0 Å². The fraction of sp³-hybridized carbons (Fsp3) is 0.733. The van der Waals surface area contributed by atoms with Crippen molar-refractivity contribution in [3.8, 4) is 0 Å². The summed E-state index contributed by atoms with van der Waals surface area (Å²) in [7, 11) is 0. The van der Waals surface area contributed by atoms with E-state index in [0.717, 1.165) is 42.6 Å². The molecule has 0 atom stereocenters. The zero-order valence-corrected chi connectivity index (χ0v) is 44.5. The molecule has 1 aliphatic heterocycles. The minimum atomic E-state index is 0.997. The van der Waals surface area contributed by atoms with Crippen molar-refractivity contribution in [2.45, 2.75) is 285 Å². The Morgan fingerprint density at radius 1 is 0.397 bits per heavy atom. The topological polar surface area (TPSA) is 25.3 Å². The van der Waals surface area contributed by atoms with Gasteiger partial charge in [0.2, 0.25) is 11.4 Å². The number of unbranched alkanes of at least 4 members (excludes halogenated alkanes) is 22. The first-order valence-corrected chi connectivity index (χ1v) is 28.7. The van der Waals surface area contributed by atoms with Crippen molar-refractivity contribution >= 4 is 11.4 Å². The summed E-state index contributed by atoms with van der Waals surface area (Å²) in [5.74, 6) is 0. The molecule has 2 aromatic carbocycles. The number of aryl methyl sites for hydroxylation is 4. The summed E-state index contributed by atoms with van der Waals surface area (Å²) in [6.07, 6.45) is 42.7. The first-order chi connectivity index (χ1) is 30.7. The van der Waals surface area contributed by atoms with Crippen LogP contribution in [0.1, 0.15) is 279 Å². The van der Waals surface area contributed by atoms with Crippen LogP contribution in [0.4, 0.5) is 0 Å². The van der Waals surface area contributed by atoms with Gasteiger partial charge in [-0.1, -0.05) is 79.1 Å². The van der Waals surface area contributed by atoms with E-state index in [-0.39, 0.29) is 0 Å². The van der Waals surface area contributed by atoms with E-state index in [2.05, 4.69) is 93.5 Å². The van der Waals surface area contributed by atoms with Gasteiger partial charge in [-0.05, 0) is 137 Å². The summed E-state index contributed by atoms with van der Waals surface area (Å²) in [6.45, 7) is 22.6. The summed E-state index contributed by atoms with van der Waals surface area (Å²) < 4.78 is 1.57. The molecule has 0 radical (unpaired) electrons. The molecule has 2 nitrogen and oxygen atoms in total. The van der Waals surface area contributed by atoms with Gasteiger partial charge >= 0.3 is 142 Å². The van der Waals surface area contributed by atoms with Gasteiger partial charge in [0.25, 0.3) is 0 Å². The molecule has 3 rings (SSSR count). The second-order valence-electron chi connectivity index (χ2n) is 19.4. The molecule has 0 unspecified atom stereocenters. The molecule has 1 heterocycles. The molecule has 0 bridgehead atoms. The minimum absolute atomic E-state index is 0.997. The van der Waals surface area contributed by atoms with Crippen molar-refractivity contribution in [3.05, 3.63) is 85.5 Å². The Morgan fingerprint density at radius 3 is 1.17 bits per heavy atom. The van der Waals surface area contributed by atoms with E-state index in [4.69, 9.17) is 0 Å². The Bertz CT molecular complexity index is 1520. The summed E-state index contributed by atoms with van der Waals surface area (Å²) in [5, 5.41) is 2.86. The van der Waals surface area contributed by atoms with Gasteiger partial charge < -0.3 is 5.53 Å². The third-order valence-electron chi connectivity index (χ3n) is 13.7. The summed E-state index contributed by atoms with van der Waals surface area (Å²) in [5.41, 5.74) is 27.6. The van der Waals surface area contributed by atoms with Crippen LogP contribution in [0.15, 0.2) is 35.4 Å². The van der Waals surface area contributed by atoms with Crippen LogP contribution >= 0.6 is 0 Å². The predicted molar refractivity (Wildman–Crippen MR) is 279 cm³/mol. The third-order valence-corrected chi connectivity index (χ3v) is 15.1. The van der Waals surface area contributed by atoms with E-state index in [1.807, 2.05) is 14.4 Å².